The van der Waals surface area contributed by atoms with E-state index in [2.05, 4.69) is 37.2 Å². The number of methoxy groups -OCH3 is 1. The van der Waals surface area contributed by atoms with Crippen molar-refractivity contribution >= 4 is 31.9 Å². The standard InChI is InChI=1S/C15H14Br2FNO/c1-20-13-3-5-15(17)11(7-13)9-19-8-10-6-12(18)2-4-14(10)16/h2-7,19H,8-9H2,1H3. The molecule has 0 amide bonds. The molecule has 0 bridgehead atoms. The van der Waals surface area contributed by atoms with Crippen molar-refractivity contribution in [1.82, 2.24) is 5.32 Å². The van der Waals surface area contributed by atoms with Gasteiger partial charge in [0.2, 0.25) is 0 Å². The lowest BCUT2D eigenvalue weighted by Gasteiger charge is -2.10. The molecule has 20 heavy (non-hydrogen) atoms. The molecule has 0 saturated carbocycles. The van der Waals surface area contributed by atoms with Crippen molar-refractivity contribution in [3.05, 3.63) is 62.3 Å². The zero-order valence-corrected chi connectivity index (χ0v) is 14.1. The average molecular weight is 403 g/mol. The highest BCUT2D eigenvalue weighted by Crippen LogP contribution is 2.23. The highest BCUT2D eigenvalue weighted by molar-refractivity contribution is 9.10. The van der Waals surface area contributed by atoms with Gasteiger partial charge in [0.05, 0.1) is 7.11 Å². The maximum absolute atomic E-state index is 13.2. The zero-order valence-electron chi connectivity index (χ0n) is 10.9. The Hall–Kier alpha value is -0.910. The third-order valence-corrected chi connectivity index (χ3v) is 4.44. The summed E-state index contributed by atoms with van der Waals surface area (Å²) in [6, 6.07) is 10.5. The van der Waals surface area contributed by atoms with Crippen LogP contribution in [0.4, 0.5) is 4.39 Å². The number of benzene rings is 2. The predicted octanol–water partition coefficient (Wildman–Crippen LogP) is 4.65. The number of ether oxygens (including phenoxy) is 1. The number of rotatable bonds is 5. The zero-order chi connectivity index (χ0) is 14.5. The lowest BCUT2D eigenvalue weighted by atomic mass is 10.2. The fourth-order valence-corrected chi connectivity index (χ4v) is 2.60. The van der Waals surface area contributed by atoms with Crippen molar-refractivity contribution in [2.45, 2.75) is 13.1 Å². The van der Waals surface area contributed by atoms with Crippen LogP contribution in [0.2, 0.25) is 0 Å². The maximum Gasteiger partial charge on any atom is 0.123 e. The maximum atomic E-state index is 13.2. The number of hydrogen-bond donors (Lipinski definition) is 1. The van der Waals surface area contributed by atoms with Crippen LogP contribution in [0.1, 0.15) is 11.1 Å². The average Bonchev–Trinajstić information content (AvgIpc) is 2.44. The molecule has 2 nitrogen and oxygen atoms in total. The van der Waals surface area contributed by atoms with Gasteiger partial charge in [0.15, 0.2) is 0 Å². The van der Waals surface area contributed by atoms with Crippen LogP contribution in [0.25, 0.3) is 0 Å². The molecule has 0 spiro atoms. The molecular formula is C15H14Br2FNO. The van der Waals surface area contributed by atoms with E-state index in [0.29, 0.717) is 13.1 Å². The summed E-state index contributed by atoms with van der Waals surface area (Å²) >= 11 is 6.93. The molecule has 0 aliphatic heterocycles. The second-order valence-electron chi connectivity index (χ2n) is 4.30. The molecule has 2 aromatic carbocycles. The molecule has 0 aliphatic rings. The van der Waals surface area contributed by atoms with Gasteiger partial charge in [0, 0.05) is 22.0 Å². The summed E-state index contributed by atoms with van der Waals surface area (Å²) in [4.78, 5) is 0. The van der Waals surface area contributed by atoms with Crippen molar-refractivity contribution in [3.8, 4) is 5.75 Å². The minimum absolute atomic E-state index is 0.229. The molecule has 0 radical (unpaired) electrons. The Bertz CT molecular complexity index is 604. The molecule has 5 heteroatoms. The Morgan fingerprint density at radius 1 is 1.00 bits per heavy atom. The third kappa shape index (κ3) is 4.04. The lowest BCUT2D eigenvalue weighted by Crippen LogP contribution is -2.13. The first-order chi connectivity index (χ1) is 9.60. The molecule has 106 valence electrons. The van der Waals surface area contributed by atoms with Crippen molar-refractivity contribution in [1.29, 1.82) is 0 Å². The Labute approximate surface area is 134 Å². The van der Waals surface area contributed by atoms with Gasteiger partial charge in [-0.3, -0.25) is 0 Å². The number of halogens is 3. The van der Waals surface area contributed by atoms with Gasteiger partial charge >= 0.3 is 0 Å². The lowest BCUT2D eigenvalue weighted by molar-refractivity contribution is 0.414. The predicted molar refractivity (Wildman–Crippen MR) is 85.3 cm³/mol. The quantitative estimate of drug-likeness (QED) is 0.785. The first kappa shape index (κ1) is 15.5. The SMILES string of the molecule is COc1ccc(Br)c(CNCc2cc(F)ccc2Br)c1. The fraction of sp³-hybridized carbons (Fsp3) is 0.200. The smallest absolute Gasteiger partial charge is 0.123 e. The molecule has 0 fully saturated rings. The molecule has 0 aromatic heterocycles. The molecular weight excluding hydrogens is 389 g/mol. The molecule has 2 aromatic rings. The van der Waals surface area contributed by atoms with Crippen molar-refractivity contribution < 1.29 is 9.13 Å². The van der Waals surface area contributed by atoms with Crippen LogP contribution in [-0.2, 0) is 13.1 Å². The summed E-state index contributed by atoms with van der Waals surface area (Å²) in [5.41, 5.74) is 1.99. The van der Waals surface area contributed by atoms with E-state index in [1.807, 2.05) is 18.2 Å². The van der Waals surface area contributed by atoms with Gasteiger partial charge in [0.1, 0.15) is 11.6 Å². The number of hydrogen-bond acceptors (Lipinski definition) is 2. The van der Waals surface area contributed by atoms with E-state index in [1.165, 1.54) is 12.1 Å². The minimum atomic E-state index is -0.229. The van der Waals surface area contributed by atoms with Crippen molar-refractivity contribution in [2.24, 2.45) is 0 Å². The van der Waals surface area contributed by atoms with Crippen LogP contribution < -0.4 is 10.1 Å². The topological polar surface area (TPSA) is 21.3 Å². The Balaban J connectivity index is 2.01. The molecule has 2 rings (SSSR count). The molecule has 0 saturated heterocycles. The third-order valence-electron chi connectivity index (χ3n) is 2.89. The van der Waals surface area contributed by atoms with Gasteiger partial charge in [-0.15, -0.1) is 0 Å². The van der Waals surface area contributed by atoms with Gasteiger partial charge < -0.3 is 10.1 Å². The van der Waals surface area contributed by atoms with Gasteiger partial charge in [-0.1, -0.05) is 31.9 Å². The minimum Gasteiger partial charge on any atom is -0.497 e. The summed E-state index contributed by atoms with van der Waals surface area (Å²) in [5.74, 6) is 0.587. The van der Waals surface area contributed by atoms with Gasteiger partial charge in [-0.05, 0) is 47.5 Å². The van der Waals surface area contributed by atoms with E-state index in [0.717, 1.165) is 25.8 Å². The summed E-state index contributed by atoms with van der Waals surface area (Å²) in [7, 11) is 1.64. The summed E-state index contributed by atoms with van der Waals surface area (Å²) in [6.07, 6.45) is 0. The normalized spacial score (nSPS) is 10.6. The second kappa shape index (κ2) is 7.20. The second-order valence-corrected chi connectivity index (χ2v) is 6.01. The molecule has 0 atom stereocenters. The Kier molecular flexibility index (Phi) is 5.57. The van der Waals surface area contributed by atoms with Crippen LogP contribution in [0.5, 0.6) is 5.75 Å². The van der Waals surface area contributed by atoms with E-state index >= 15 is 0 Å². The molecule has 0 unspecified atom stereocenters. The van der Waals surface area contributed by atoms with Crippen LogP contribution in [-0.4, -0.2) is 7.11 Å². The van der Waals surface area contributed by atoms with Crippen LogP contribution in [0.3, 0.4) is 0 Å². The van der Waals surface area contributed by atoms with Crippen molar-refractivity contribution in [2.75, 3.05) is 7.11 Å². The highest BCUT2D eigenvalue weighted by Gasteiger charge is 2.04. The Morgan fingerprint density at radius 2 is 1.60 bits per heavy atom. The molecule has 0 heterocycles. The van der Waals surface area contributed by atoms with Crippen LogP contribution in [0.15, 0.2) is 45.3 Å². The summed E-state index contributed by atoms with van der Waals surface area (Å²) in [5, 5.41) is 3.30. The van der Waals surface area contributed by atoms with E-state index < -0.39 is 0 Å². The monoisotopic (exact) mass is 401 g/mol. The van der Waals surface area contributed by atoms with E-state index in [1.54, 1.807) is 13.2 Å². The summed E-state index contributed by atoms with van der Waals surface area (Å²) in [6.45, 7) is 1.25. The molecule has 1 N–H and O–H groups in total. The largest absolute Gasteiger partial charge is 0.497 e. The van der Waals surface area contributed by atoms with E-state index in [4.69, 9.17) is 4.74 Å². The van der Waals surface area contributed by atoms with E-state index in [-0.39, 0.29) is 5.82 Å². The highest BCUT2D eigenvalue weighted by atomic mass is 79.9. The van der Waals surface area contributed by atoms with Crippen molar-refractivity contribution in [3.63, 3.8) is 0 Å². The first-order valence-electron chi connectivity index (χ1n) is 6.07. The fourth-order valence-electron chi connectivity index (χ4n) is 1.82. The van der Waals surface area contributed by atoms with Crippen LogP contribution >= 0.6 is 31.9 Å². The van der Waals surface area contributed by atoms with Gasteiger partial charge in [0.25, 0.3) is 0 Å². The Morgan fingerprint density at radius 3 is 2.25 bits per heavy atom. The van der Waals surface area contributed by atoms with Gasteiger partial charge in [-0.25, -0.2) is 4.39 Å². The first-order valence-corrected chi connectivity index (χ1v) is 7.66. The summed E-state index contributed by atoms with van der Waals surface area (Å²) < 4.78 is 20.3. The van der Waals surface area contributed by atoms with Crippen LogP contribution in [0, 0.1) is 5.82 Å². The number of nitrogens with one attached hydrogen (secondary N) is 1. The van der Waals surface area contributed by atoms with E-state index in [9.17, 15) is 4.39 Å². The van der Waals surface area contributed by atoms with Gasteiger partial charge in [-0.2, -0.15) is 0 Å². The molecule has 0 aliphatic carbocycles.